The number of ether oxygens (including phenoxy) is 1. The van der Waals surface area contributed by atoms with E-state index in [4.69, 9.17) is 10.5 Å². The van der Waals surface area contributed by atoms with Crippen LogP contribution in [0.3, 0.4) is 0 Å². The molecule has 0 amide bonds. The van der Waals surface area contributed by atoms with Crippen molar-refractivity contribution < 1.29 is 4.74 Å². The Kier molecular flexibility index (Phi) is 5.36. The van der Waals surface area contributed by atoms with E-state index in [1.165, 1.54) is 0 Å². The Morgan fingerprint density at radius 2 is 2.00 bits per heavy atom. The first-order valence-electron chi connectivity index (χ1n) is 5.91. The predicted molar refractivity (Wildman–Crippen MR) is 83.2 cm³/mol. The number of aromatic nitrogens is 1. The summed E-state index contributed by atoms with van der Waals surface area (Å²) in [5, 5.41) is 0. The van der Waals surface area contributed by atoms with Crippen LogP contribution in [0.2, 0.25) is 0 Å². The quantitative estimate of drug-likeness (QED) is 0.853. The van der Waals surface area contributed by atoms with Crippen LogP contribution in [0.15, 0.2) is 45.5 Å². The number of rotatable bonds is 5. The highest BCUT2D eigenvalue weighted by Crippen LogP contribution is 2.30. The second-order valence-corrected chi connectivity index (χ2v) is 5.79. The lowest BCUT2D eigenvalue weighted by atomic mass is 10.1. The van der Waals surface area contributed by atoms with Gasteiger partial charge in [0, 0.05) is 10.7 Å². The average molecular weight is 386 g/mol. The number of para-hydroxylation sites is 1. The molecule has 19 heavy (non-hydrogen) atoms. The Bertz CT molecular complexity index is 544. The summed E-state index contributed by atoms with van der Waals surface area (Å²) in [4.78, 5) is 4.29. The van der Waals surface area contributed by atoms with Crippen molar-refractivity contribution in [3.8, 4) is 5.75 Å². The lowest BCUT2D eigenvalue weighted by Crippen LogP contribution is -2.06. The fourth-order valence-electron chi connectivity index (χ4n) is 1.71. The van der Waals surface area contributed by atoms with E-state index < -0.39 is 0 Å². The maximum absolute atomic E-state index is 5.87. The molecule has 1 aromatic carbocycles. The summed E-state index contributed by atoms with van der Waals surface area (Å²) in [5.74, 6) is 0.845. The molecule has 3 nitrogen and oxygen atoms in total. The summed E-state index contributed by atoms with van der Waals surface area (Å²) in [7, 11) is 0. The molecule has 2 aromatic rings. The second-order valence-electron chi connectivity index (χ2n) is 4.02. The Hall–Kier alpha value is -0.910. The maximum Gasteiger partial charge on any atom is 0.137 e. The number of hydrogen-bond acceptors (Lipinski definition) is 3. The van der Waals surface area contributed by atoms with E-state index >= 15 is 0 Å². The summed E-state index contributed by atoms with van der Waals surface area (Å²) >= 11 is 6.87. The number of nitrogens with zero attached hydrogens (tertiary/aromatic N) is 1. The van der Waals surface area contributed by atoms with E-state index in [-0.39, 0.29) is 0 Å². The Labute approximate surface area is 129 Å². The van der Waals surface area contributed by atoms with Crippen molar-refractivity contribution >= 4 is 31.9 Å². The van der Waals surface area contributed by atoms with Crippen LogP contribution in [-0.4, -0.2) is 11.5 Å². The molecule has 0 aliphatic carbocycles. The molecule has 0 unspecified atom stereocenters. The monoisotopic (exact) mass is 384 g/mol. The van der Waals surface area contributed by atoms with E-state index in [0.717, 1.165) is 32.4 Å². The van der Waals surface area contributed by atoms with Crippen molar-refractivity contribution in [1.29, 1.82) is 0 Å². The standard InChI is InChI=1S/C14H14Br2N2O/c15-11-4-5-12(18-8-11)9-19-14-10(6-7-17)2-1-3-13(14)16/h1-5,8H,6-7,9,17H2. The van der Waals surface area contributed by atoms with Gasteiger partial charge >= 0.3 is 0 Å². The van der Waals surface area contributed by atoms with Crippen LogP contribution in [0.4, 0.5) is 0 Å². The highest BCUT2D eigenvalue weighted by Gasteiger charge is 2.08. The fourth-order valence-corrected chi connectivity index (χ4v) is 2.46. The second kappa shape index (κ2) is 7.03. The van der Waals surface area contributed by atoms with Crippen molar-refractivity contribution in [2.75, 3.05) is 6.54 Å². The van der Waals surface area contributed by atoms with Crippen LogP contribution >= 0.6 is 31.9 Å². The molecule has 0 spiro atoms. The predicted octanol–water partition coefficient (Wildman–Crippen LogP) is 3.69. The minimum absolute atomic E-state index is 0.438. The Balaban J connectivity index is 2.12. The van der Waals surface area contributed by atoms with Crippen LogP contribution in [0.1, 0.15) is 11.3 Å². The van der Waals surface area contributed by atoms with E-state index in [9.17, 15) is 0 Å². The normalized spacial score (nSPS) is 10.5. The molecule has 2 rings (SSSR count). The van der Waals surface area contributed by atoms with Gasteiger partial charge in [0.2, 0.25) is 0 Å². The highest BCUT2D eigenvalue weighted by atomic mass is 79.9. The molecule has 0 bridgehead atoms. The van der Waals surface area contributed by atoms with Gasteiger partial charge in [-0.2, -0.15) is 0 Å². The lowest BCUT2D eigenvalue weighted by molar-refractivity contribution is 0.296. The molecular weight excluding hydrogens is 372 g/mol. The molecule has 0 saturated heterocycles. The summed E-state index contributed by atoms with van der Waals surface area (Å²) in [6.45, 7) is 1.04. The van der Waals surface area contributed by atoms with E-state index in [0.29, 0.717) is 13.2 Å². The summed E-state index contributed by atoms with van der Waals surface area (Å²) in [5.41, 5.74) is 7.61. The van der Waals surface area contributed by atoms with Crippen LogP contribution in [0.5, 0.6) is 5.75 Å². The van der Waals surface area contributed by atoms with Gasteiger partial charge < -0.3 is 10.5 Å². The molecule has 0 saturated carbocycles. The van der Waals surface area contributed by atoms with Crippen molar-refractivity contribution in [3.05, 3.63) is 56.7 Å². The number of pyridine rings is 1. The third-order valence-corrected chi connectivity index (χ3v) is 3.71. The number of halogens is 2. The van der Waals surface area contributed by atoms with Gasteiger partial charge in [0.15, 0.2) is 0 Å². The van der Waals surface area contributed by atoms with Gasteiger partial charge in [-0.05, 0) is 68.6 Å². The van der Waals surface area contributed by atoms with Crippen molar-refractivity contribution in [2.24, 2.45) is 5.73 Å². The van der Waals surface area contributed by atoms with Gasteiger partial charge in [0.05, 0.1) is 10.2 Å². The molecule has 100 valence electrons. The zero-order valence-electron chi connectivity index (χ0n) is 10.3. The molecule has 2 N–H and O–H groups in total. The average Bonchev–Trinajstić information content (AvgIpc) is 2.40. The Morgan fingerprint density at radius 3 is 2.68 bits per heavy atom. The van der Waals surface area contributed by atoms with Crippen molar-refractivity contribution in [3.63, 3.8) is 0 Å². The molecule has 0 fully saturated rings. The number of hydrogen-bond donors (Lipinski definition) is 1. The first-order chi connectivity index (χ1) is 9.20. The lowest BCUT2D eigenvalue weighted by Gasteiger charge is -2.12. The van der Waals surface area contributed by atoms with E-state index in [1.807, 2.05) is 30.3 Å². The number of benzene rings is 1. The third kappa shape index (κ3) is 4.03. The zero-order chi connectivity index (χ0) is 13.7. The first kappa shape index (κ1) is 14.5. The molecule has 5 heteroatoms. The molecule has 0 atom stereocenters. The van der Waals surface area contributed by atoms with Gasteiger partial charge in [-0.25, -0.2) is 0 Å². The van der Waals surface area contributed by atoms with Crippen LogP contribution < -0.4 is 10.5 Å². The summed E-state index contributed by atoms with van der Waals surface area (Å²) in [6.07, 6.45) is 2.56. The molecule has 0 radical (unpaired) electrons. The van der Waals surface area contributed by atoms with E-state index in [1.54, 1.807) is 6.20 Å². The zero-order valence-corrected chi connectivity index (χ0v) is 13.4. The van der Waals surface area contributed by atoms with Crippen LogP contribution in [-0.2, 0) is 13.0 Å². The molecule has 0 aliphatic heterocycles. The summed E-state index contributed by atoms with van der Waals surface area (Å²) < 4.78 is 7.77. The highest BCUT2D eigenvalue weighted by molar-refractivity contribution is 9.10. The number of nitrogens with two attached hydrogens (primary N) is 1. The first-order valence-corrected chi connectivity index (χ1v) is 7.50. The minimum Gasteiger partial charge on any atom is -0.486 e. The van der Waals surface area contributed by atoms with Crippen molar-refractivity contribution in [1.82, 2.24) is 4.98 Å². The van der Waals surface area contributed by atoms with Crippen LogP contribution in [0.25, 0.3) is 0 Å². The topological polar surface area (TPSA) is 48.1 Å². The molecule has 1 heterocycles. The van der Waals surface area contributed by atoms with Crippen molar-refractivity contribution in [2.45, 2.75) is 13.0 Å². The molecule has 0 aliphatic rings. The van der Waals surface area contributed by atoms with E-state index in [2.05, 4.69) is 36.8 Å². The molecular formula is C14H14Br2N2O. The van der Waals surface area contributed by atoms with Gasteiger partial charge in [-0.3, -0.25) is 4.98 Å². The third-order valence-electron chi connectivity index (χ3n) is 2.62. The smallest absolute Gasteiger partial charge is 0.137 e. The largest absolute Gasteiger partial charge is 0.486 e. The van der Waals surface area contributed by atoms with Gasteiger partial charge in [0.25, 0.3) is 0 Å². The fraction of sp³-hybridized carbons (Fsp3) is 0.214. The van der Waals surface area contributed by atoms with Gasteiger partial charge in [-0.15, -0.1) is 0 Å². The Morgan fingerprint density at radius 1 is 1.16 bits per heavy atom. The van der Waals surface area contributed by atoms with Gasteiger partial charge in [-0.1, -0.05) is 12.1 Å². The van der Waals surface area contributed by atoms with Gasteiger partial charge in [0.1, 0.15) is 12.4 Å². The van der Waals surface area contributed by atoms with Crippen LogP contribution in [0, 0.1) is 0 Å². The summed E-state index contributed by atoms with van der Waals surface area (Å²) in [6, 6.07) is 9.86. The SMILES string of the molecule is NCCc1cccc(Br)c1OCc1ccc(Br)cn1. The molecule has 1 aromatic heterocycles. The maximum atomic E-state index is 5.87. The minimum atomic E-state index is 0.438.